The van der Waals surface area contributed by atoms with Crippen LogP contribution in [0.5, 0.6) is 0 Å². The molecule has 2 fully saturated rings. The molecule has 0 bridgehead atoms. The van der Waals surface area contributed by atoms with Gasteiger partial charge in [0.25, 0.3) is 0 Å². The smallest absolute Gasteiger partial charge is 0.371 e. The summed E-state index contributed by atoms with van der Waals surface area (Å²) in [7, 11) is 0. The van der Waals surface area contributed by atoms with E-state index in [0.717, 1.165) is 63.5 Å². The molecular weight excluding hydrogens is 441 g/mol. The number of carbonyl (C=O) groups excluding carboxylic acids is 1. The zero-order chi connectivity index (χ0) is 24.6. The van der Waals surface area contributed by atoms with Crippen LogP contribution in [0.2, 0.25) is 0 Å². The highest BCUT2D eigenvalue weighted by Gasteiger charge is 2.31. The highest BCUT2D eigenvalue weighted by molar-refractivity contribution is 5.79. The summed E-state index contributed by atoms with van der Waals surface area (Å²) in [5.41, 5.74) is 0.0942. The molecule has 3 rings (SSSR count). The van der Waals surface area contributed by atoms with Crippen LogP contribution in [-0.2, 0) is 15.7 Å². The van der Waals surface area contributed by atoms with Gasteiger partial charge in [-0.15, -0.1) is 0 Å². The molecule has 1 aliphatic carbocycles. The normalized spacial score (nSPS) is 22.4. The second kappa shape index (κ2) is 12.9. The predicted molar refractivity (Wildman–Crippen MR) is 130 cm³/mol. The van der Waals surface area contributed by atoms with E-state index in [4.69, 9.17) is 4.74 Å². The molecule has 34 heavy (non-hydrogen) atoms. The van der Waals surface area contributed by atoms with Crippen LogP contribution in [0.4, 0.5) is 18.9 Å². The Morgan fingerprint density at radius 1 is 1.03 bits per heavy atom. The number of hydrogen-bond acceptors (Lipinski definition) is 4. The van der Waals surface area contributed by atoms with Gasteiger partial charge < -0.3 is 9.64 Å². The molecular formula is C27H41F3N2O2. The molecule has 0 unspecified atom stereocenters. The van der Waals surface area contributed by atoms with Gasteiger partial charge in [-0.05, 0) is 63.3 Å². The lowest BCUT2D eigenvalue weighted by Gasteiger charge is -2.37. The number of rotatable bonds is 11. The van der Waals surface area contributed by atoms with Crippen LogP contribution in [0.15, 0.2) is 24.3 Å². The number of ketones is 1. The third-order valence-electron chi connectivity index (χ3n) is 7.38. The summed E-state index contributed by atoms with van der Waals surface area (Å²) in [6, 6.07) is 5.68. The van der Waals surface area contributed by atoms with Crippen molar-refractivity contribution in [2.75, 3.05) is 44.2 Å². The van der Waals surface area contributed by atoms with Gasteiger partial charge in [0, 0.05) is 38.3 Å². The average molecular weight is 483 g/mol. The molecule has 4 nitrogen and oxygen atoms in total. The Morgan fingerprint density at radius 3 is 2.29 bits per heavy atom. The third-order valence-corrected chi connectivity index (χ3v) is 7.38. The van der Waals surface area contributed by atoms with Crippen molar-refractivity contribution in [3.63, 3.8) is 0 Å². The summed E-state index contributed by atoms with van der Waals surface area (Å²) in [6.07, 6.45) is 4.88. The van der Waals surface area contributed by atoms with Crippen LogP contribution < -0.4 is 4.90 Å². The lowest BCUT2D eigenvalue weighted by molar-refractivity contribution is -0.137. The Balaban J connectivity index is 1.28. The topological polar surface area (TPSA) is 32.8 Å². The summed E-state index contributed by atoms with van der Waals surface area (Å²) in [4.78, 5) is 16.4. The maximum absolute atomic E-state index is 13.0. The van der Waals surface area contributed by atoms with E-state index in [9.17, 15) is 18.0 Å². The van der Waals surface area contributed by atoms with E-state index < -0.39 is 11.7 Å². The summed E-state index contributed by atoms with van der Waals surface area (Å²) in [6.45, 7) is 8.58. The molecule has 0 radical (unpaired) electrons. The molecule has 2 aliphatic rings. The van der Waals surface area contributed by atoms with Gasteiger partial charge in [0.05, 0.1) is 11.7 Å². The number of piperazine rings is 1. The van der Waals surface area contributed by atoms with E-state index in [-0.39, 0.29) is 18.5 Å². The maximum atomic E-state index is 13.0. The first-order chi connectivity index (χ1) is 16.2. The molecule has 0 N–H and O–H groups in total. The van der Waals surface area contributed by atoms with E-state index >= 15 is 0 Å². The fourth-order valence-corrected chi connectivity index (χ4v) is 5.20. The van der Waals surface area contributed by atoms with Gasteiger partial charge in [-0.2, -0.15) is 13.2 Å². The zero-order valence-electron chi connectivity index (χ0n) is 20.8. The van der Waals surface area contributed by atoms with E-state index in [0.29, 0.717) is 12.1 Å². The van der Waals surface area contributed by atoms with Gasteiger partial charge in [0.15, 0.2) is 5.78 Å². The summed E-state index contributed by atoms with van der Waals surface area (Å²) < 4.78 is 44.4. The van der Waals surface area contributed by atoms with Crippen molar-refractivity contribution in [2.45, 2.75) is 77.5 Å². The van der Waals surface area contributed by atoms with Crippen LogP contribution in [-0.4, -0.2) is 56.1 Å². The Bertz CT molecular complexity index is 752. The van der Waals surface area contributed by atoms with Gasteiger partial charge in [-0.25, -0.2) is 0 Å². The maximum Gasteiger partial charge on any atom is 0.416 e. The molecule has 0 aromatic heterocycles. The van der Waals surface area contributed by atoms with E-state index in [2.05, 4.69) is 9.80 Å². The summed E-state index contributed by atoms with van der Waals surface area (Å²) >= 11 is 0. The van der Waals surface area contributed by atoms with E-state index in [1.807, 2.05) is 13.8 Å². The number of nitrogens with zero attached hydrogens (tertiary/aromatic N) is 2. The van der Waals surface area contributed by atoms with Crippen molar-refractivity contribution in [3.05, 3.63) is 29.8 Å². The molecule has 0 atom stereocenters. The van der Waals surface area contributed by atoms with Gasteiger partial charge in [-0.1, -0.05) is 38.2 Å². The SMILES string of the molecule is CC(C)OCC(=O)CCCC1CCC(CCN2CCN(c3cccc(C(F)(F)F)c3)CC2)CC1. The van der Waals surface area contributed by atoms with Crippen LogP contribution in [0.25, 0.3) is 0 Å². The first-order valence-corrected chi connectivity index (χ1v) is 13.0. The molecule has 0 spiro atoms. The number of Topliss-reactive ketones (excluding diaryl/α,β-unsaturated/α-hetero) is 1. The molecule has 1 aliphatic heterocycles. The minimum Gasteiger partial charge on any atom is -0.371 e. The Hall–Kier alpha value is -1.60. The Kier molecular flexibility index (Phi) is 10.3. The predicted octanol–water partition coefficient (Wildman–Crippen LogP) is 6.19. The van der Waals surface area contributed by atoms with Crippen molar-refractivity contribution in [3.8, 4) is 0 Å². The van der Waals surface area contributed by atoms with Crippen molar-refractivity contribution in [1.82, 2.24) is 4.90 Å². The number of ether oxygens (including phenoxy) is 1. The molecule has 1 heterocycles. The van der Waals surface area contributed by atoms with Gasteiger partial charge >= 0.3 is 6.18 Å². The minimum absolute atomic E-state index is 0.110. The molecule has 1 aromatic rings. The highest BCUT2D eigenvalue weighted by Crippen LogP contribution is 2.34. The number of anilines is 1. The van der Waals surface area contributed by atoms with Crippen molar-refractivity contribution in [2.24, 2.45) is 11.8 Å². The largest absolute Gasteiger partial charge is 0.416 e. The zero-order valence-corrected chi connectivity index (χ0v) is 20.8. The van der Waals surface area contributed by atoms with Crippen molar-refractivity contribution >= 4 is 11.5 Å². The summed E-state index contributed by atoms with van der Waals surface area (Å²) in [5, 5.41) is 0. The second-order valence-electron chi connectivity index (χ2n) is 10.3. The number of hydrogen-bond donors (Lipinski definition) is 0. The molecule has 1 saturated carbocycles. The van der Waals surface area contributed by atoms with E-state index in [1.165, 1.54) is 44.2 Å². The number of alkyl halides is 3. The van der Waals surface area contributed by atoms with Crippen molar-refractivity contribution in [1.29, 1.82) is 0 Å². The molecule has 1 aromatic carbocycles. The Labute approximate surface area is 202 Å². The van der Waals surface area contributed by atoms with Crippen LogP contribution >= 0.6 is 0 Å². The van der Waals surface area contributed by atoms with Crippen LogP contribution in [0.3, 0.4) is 0 Å². The van der Waals surface area contributed by atoms with E-state index in [1.54, 1.807) is 6.07 Å². The highest BCUT2D eigenvalue weighted by atomic mass is 19.4. The fourth-order valence-electron chi connectivity index (χ4n) is 5.20. The van der Waals surface area contributed by atoms with Crippen LogP contribution in [0, 0.1) is 11.8 Å². The second-order valence-corrected chi connectivity index (χ2v) is 10.3. The third kappa shape index (κ3) is 8.88. The lowest BCUT2D eigenvalue weighted by atomic mass is 9.78. The lowest BCUT2D eigenvalue weighted by Crippen LogP contribution is -2.47. The molecule has 192 valence electrons. The molecule has 1 saturated heterocycles. The van der Waals surface area contributed by atoms with Gasteiger partial charge in [0.2, 0.25) is 0 Å². The molecule has 0 amide bonds. The quantitative estimate of drug-likeness (QED) is 0.377. The molecule has 7 heteroatoms. The Morgan fingerprint density at radius 2 is 1.68 bits per heavy atom. The average Bonchev–Trinajstić information content (AvgIpc) is 2.82. The van der Waals surface area contributed by atoms with Gasteiger partial charge in [0.1, 0.15) is 6.61 Å². The van der Waals surface area contributed by atoms with Crippen molar-refractivity contribution < 1.29 is 22.7 Å². The first-order valence-electron chi connectivity index (χ1n) is 13.0. The number of carbonyl (C=O) groups is 1. The minimum atomic E-state index is -4.29. The standard InChI is InChI=1S/C27H41F3N2O2/c1-21(2)34-20-26(33)8-3-5-22-9-11-23(12-10-22)13-14-31-15-17-32(18-16-31)25-7-4-6-24(19-25)27(28,29)30/h4,6-7,19,21-23H,3,5,8-18,20H2,1-2H3. The number of halogens is 3. The summed E-state index contributed by atoms with van der Waals surface area (Å²) in [5.74, 6) is 1.75. The number of benzene rings is 1. The monoisotopic (exact) mass is 482 g/mol. The fraction of sp³-hybridized carbons (Fsp3) is 0.741. The first kappa shape index (κ1) is 27.0. The van der Waals surface area contributed by atoms with Gasteiger partial charge in [-0.3, -0.25) is 9.69 Å². The van der Waals surface area contributed by atoms with Crippen LogP contribution in [0.1, 0.15) is 70.8 Å².